The number of carbonyl (C=O) groups is 1. The number of amides is 1. The predicted octanol–water partition coefficient (Wildman–Crippen LogP) is 4.61. The highest BCUT2D eigenvalue weighted by Crippen LogP contribution is 2.29. The first-order chi connectivity index (χ1) is 16.1. The minimum Gasteiger partial charge on any atom is -0.271 e. The van der Waals surface area contributed by atoms with Crippen LogP contribution in [0.4, 0.5) is 18.9 Å². The van der Waals surface area contributed by atoms with Crippen molar-refractivity contribution in [2.75, 3.05) is 10.8 Å². The fraction of sp³-hybridized carbons (Fsp3) is 0.167. The number of benzene rings is 3. The summed E-state index contributed by atoms with van der Waals surface area (Å²) in [6.07, 6.45) is -2.92. The average molecular weight is 490 g/mol. The third kappa shape index (κ3) is 6.02. The molecule has 0 heterocycles. The Labute approximate surface area is 195 Å². The molecule has 0 fully saturated rings. The predicted molar refractivity (Wildman–Crippen MR) is 124 cm³/mol. The first kappa shape index (κ1) is 25.0. The van der Waals surface area contributed by atoms with Crippen LogP contribution in [0, 0.1) is 0 Å². The number of para-hydroxylation sites is 1. The molecule has 1 N–H and O–H groups in total. The summed E-state index contributed by atoms with van der Waals surface area (Å²) in [5.41, 5.74) is 2.55. The Morgan fingerprint density at radius 3 is 2.35 bits per heavy atom. The number of nitrogens with one attached hydrogen (secondary N) is 1. The van der Waals surface area contributed by atoms with Crippen molar-refractivity contribution in [3.63, 3.8) is 0 Å². The highest BCUT2D eigenvalue weighted by Gasteiger charge is 2.30. The number of hydrogen-bond donors (Lipinski definition) is 1. The molecule has 0 aromatic heterocycles. The number of nitrogens with zero attached hydrogens (tertiary/aromatic N) is 2. The van der Waals surface area contributed by atoms with Crippen LogP contribution >= 0.6 is 0 Å². The number of hydrazone groups is 1. The van der Waals surface area contributed by atoms with Gasteiger partial charge < -0.3 is 0 Å². The van der Waals surface area contributed by atoms with Crippen LogP contribution in [0.1, 0.15) is 23.6 Å². The number of carbonyl (C=O) groups excluding carboxylic acids is 1. The van der Waals surface area contributed by atoms with E-state index in [4.69, 9.17) is 0 Å². The molecule has 3 rings (SSSR count). The van der Waals surface area contributed by atoms with E-state index in [9.17, 15) is 26.4 Å². The second-order valence-electron chi connectivity index (χ2n) is 7.22. The molecule has 0 aliphatic rings. The highest BCUT2D eigenvalue weighted by molar-refractivity contribution is 7.92. The van der Waals surface area contributed by atoms with Gasteiger partial charge in [0, 0.05) is 0 Å². The lowest BCUT2D eigenvalue weighted by Gasteiger charge is -2.25. The van der Waals surface area contributed by atoms with Gasteiger partial charge in [0.05, 0.1) is 22.4 Å². The van der Waals surface area contributed by atoms with E-state index in [1.54, 1.807) is 42.5 Å². The molecule has 10 heteroatoms. The summed E-state index contributed by atoms with van der Waals surface area (Å²) in [5, 5.41) is 3.70. The number of alkyl halides is 3. The van der Waals surface area contributed by atoms with Crippen LogP contribution in [0.5, 0.6) is 0 Å². The van der Waals surface area contributed by atoms with E-state index in [2.05, 4.69) is 10.5 Å². The first-order valence-corrected chi connectivity index (χ1v) is 11.7. The summed E-state index contributed by atoms with van der Waals surface area (Å²) in [4.78, 5) is 12.6. The molecule has 1 amide bonds. The van der Waals surface area contributed by atoms with Gasteiger partial charge in [0.2, 0.25) is 0 Å². The molecule has 0 saturated heterocycles. The number of sulfonamides is 1. The number of rotatable bonds is 8. The molecule has 0 bridgehead atoms. The Kier molecular flexibility index (Phi) is 7.72. The summed E-state index contributed by atoms with van der Waals surface area (Å²) >= 11 is 0. The topological polar surface area (TPSA) is 78.8 Å². The molecule has 0 atom stereocenters. The fourth-order valence-corrected chi connectivity index (χ4v) is 4.69. The van der Waals surface area contributed by atoms with Crippen LogP contribution < -0.4 is 9.73 Å². The molecule has 6 nitrogen and oxygen atoms in total. The summed E-state index contributed by atoms with van der Waals surface area (Å²) in [7, 11) is -4.09. The molecule has 0 aliphatic heterocycles. The fourth-order valence-electron chi connectivity index (χ4n) is 3.21. The maximum Gasteiger partial charge on any atom is 0.416 e. The quantitative estimate of drug-likeness (QED) is 0.371. The van der Waals surface area contributed by atoms with E-state index >= 15 is 0 Å². The zero-order valence-electron chi connectivity index (χ0n) is 18.2. The largest absolute Gasteiger partial charge is 0.416 e. The molecule has 0 radical (unpaired) electrons. The lowest BCUT2D eigenvalue weighted by molar-refractivity contribution is -0.137. The summed E-state index contributed by atoms with van der Waals surface area (Å²) in [5.74, 6) is -0.756. The Balaban J connectivity index is 1.84. The molecular weight excluding hydrogens is 467 g/mol. The van der Waals surface area contributed by atoms with Gasteiger partial charge in [-0.05, 0) is 47.9 Å². The zero-order valence-corrected chi connectivity index (χ0v) is 19.0. The Morgan fingerprint density at radius 2 is 1.68 bits per heavy atom. The maximum absolute atomic E-state index is 13.4. The van der Waals surface area contributed by atoms with E-state index in [1.165, 1.54) is 24.3 Å². The molecule has 0 aliphatic carbocycles. The maximum atomic E-state index is 13.4. The van der Waals surface area contributed by atoms with Crippen LogP contribution in [0.25, 0.3) is 0 Å². The van der Waals surface area contributed by atoms with Gasteiger partial charge in [-0.1, -0.05) is 55.5 Å². The van der Waals surface area contributed by atoms with Crippen molar-refractivity contribution >= 4 is 27.8 Å². The molecule has 0 spiro atoms. The third-order valence-corrected chi connectivity index (χ3v) is 6.65. The van der Waals surface area contributed by atoms with Crippen LogP contribution in [0.2, 0.25) is 0 Å². The Bertz CT molecular complexity index is 1280. The van der Waals surface area contributed by atoms with E-state index < -0.39 is 34.2 Å². The lowest BCUT2D eigenvalue weighted by atomic mass is 10.1. The van der Waals surface area contributed by atoms with Crippen molar-refractivity contribution in [3.8, 4) is 0 Å². The zero-order chi connectivity index (χ0) is 24.8. The molecule has 34 heavy (non-hydrogen) atoms. The molecule has 178 valence electrons. The number of hydrogen-bond acceptors (Lipinski definition) is 4. The Hall–Kier alpha value is -3.66. The summed E-state index contributed by atoms with van der Waals surface area (Å²) < 4.78 is 66.3. The van der Waals surface area contributed by atoms with E-state index in [0.717, 1.165) is 28.2 Å². The third-order valence-electron chi connectivity index (χ3n) is 4.88. The van der Waals surface area contributed by atoms with Crippen molar-refractivity contribution in [1.29, 1.82) is 0 Å². The van der Waals surface area contributed by atoms with Gasteiger partial charge in [-0.3, -0.25) is 9.10 Å². The number of anilines is 1. The van der Waals surface area contributed by atoms with Crippen molar-refractivity contribution in [1.82, 2.24) is 5.43 Å². The highest BCUT2D eigenvalue weighted by atomic mass is 32.2. The van der Waals surface area contributed by atoms with E-state index in [1.807, 2.05) is 6.92 Å². The molecule has 0 saturated carbocycles. The van der Waals surface area contributed by atoms with Crippen LogP contribution in [-0.4, -0.2) is 27.1 Å². The van der Waals surface area contributed by atoms with Crippen molar-refractivity contribution in [2.24, 2.45) is 5.10 Å². The smallest absolute Gasteiger partial charge is 0.271 e. The van der Waals surface area contributed by atoms with E-state index in [0.29, 0.717) is 12.1 Å². The van der Waals surface area contributed by atoms with Gasteiger partial charge in [-0.15, -0.1) is 0 Å². The Morgan fingerprint density at radius 1 is 1.00 bits per heavy atom. The van der Waals surface area contributed by atoms with Gasteiger partial charge >= 0.3 is 6.18 Å². The van der Waals surface area contributed by atoms with Gasteiger partial charge in [0.25, 0.3) is 15.9 Å². The van der Waals surface area contributed by atoms with Crippen molar-refractivity contribution in [2.45, 2.75) is 24.4 Å². The second-order valence-corrected chi connectivity index (χ2v) is 9.09. The van der Waals surface area contributed by atoms with Gasteiger partial charge in [-0.25, -0.2) is 13.8 Å². The second kappa shape index (κ2) is 10.5. The standard InChI is InChI=1S/C24H22F3N3O3S/c1-2-19-10-6-7-14-22(19)30(34(32,33)21-12-4-3-5-13-21)17-23(31)29-28-16-18-9-8-11-20(15-18)24(25,26)27/h3-16H,2,17H2,1H3,(H,29,31)/b28-16-. The van der Waals surface area contributed by atoms with E-state index in [-0.39, 0.29) is 10.5 Å². The average Bonchev–Trinajstić information content (AvgIpc) is 2.82. The van der Waals surface area contributed by atoms with Crippen LogP contribution in [0.15, 0.2) is 88.9 Å². The first-order valence-electron chi connectivity index (χ1n) is 10.3. The SMILES string of the molecule is CCc1ccccc1N(CC(=O)N/N=C\c1cccc(C(F)(F)F)c1)S(=O)(=O)c1ccccc1. The van der Waals surface area contributed by atoms with Gasteiger partial charge in [0.15, 0.2) is 0 Å². The monoisotopic (exact) mass is 489 g/mol. The van der Waals surface area contributed by atoms with Crippen molar-refractivity contribution < 1.29 is 26.4 Å². The summed E-state index contributed by atoms with van der Waals surface area (Å²) in [6.45, 7) is 1.29. The molecule has 3 aromatic carbocycles. The van der Waals surface area contributed by atoms with Gasteiger partial charge in [0.1, 0.15) is 6.54 Å². The van der Waals surface area contributed by atoms with Gasteiger partial charge in [-0.2, -0.15) is 18.3 Å². The lowest BCUT2D eigenvalue weighted by Crippen LogP contribution is -2.40. The molecule has 0 unspecified atom stereocenters. The number of halogens is 3. The summed E-state index contributed by atoms with van der Waals surface area (Å²) in [6, 6.07) is 19.0. The minimum absolute atomic E-state index is 0.0150. The van der Waals surface area contributed by atoms with Crippen LogP contribution in [-0.2, 0) is 27.4 Å². The normalized spacial score (nSPS) is 12.0. The molecular formula is C24H22F3N3O3S. The molecule has 3 aromatic rings. The van der Waals surface area contributed by atoms with Crippen LogP contribution in [0.3, 0.4) is 0 Å². The van der Waals surface area contributed by atoms with Crippen molar-refractivity contribution in [3.05, 3.63) is 95.6 Å². The minimum atomic E-state index is -4.51. The number of aryl methyl sites for hydroxylation is 1.